The van der Waals surface area contributed by atoms with Crippen LogP contribution in [0.2, 0.25) is 0 Å². The van der Waals surface area contributed by atoms with Crippen LogP contribution in [-0.2, 0) is 28.7 Å². The molecule has 1 aliphatic heterocycles. The summed E-state index contributed by atoms with van der Waals surface area (Å²) in [4.78, 5) is 45.1. The molecule has 88 valence electrons. The van der Waals surface area contributed by atoms with Gasteiger partial charge in [0.15, 0.2) is 6.10 Å². The van der Waals surface area contributed by atoms with Crippen molar-refractivity contribution in [3.8, 4) is 0 Å². The number of amides is 2. The second-order valence-electron chi connectivity index (χ2n) is 3.20. The molecule has 1 atom stereocenters. The molecule has 0 spiro atoms. The van der Waals surface area contributed by atoms with Crippen molar-refractivity contribution in [1.82, 2.24) is 4.90 Å². The molecular weight excluding hydrogens is 218 g/mol. The van der Waals surface area contributed by atoms with E-state index in [0.29, 0.717) is 0 Å². The molecule has 0 aromatic heterocycles. The minimum absolute atomic E-state index is 0.227. The number of methoxy groups -OCH3 is 1. The Kier molecular flexibility index (Phi) is 3.60. The highest BCUT2D eigenvalue weighted by atomic mass is 16.5. The first-order valence-corrected chi connectivity index (χ1v) is 4.54. The summed E-state index contributed by atoms with van der Waals surface area (Å²) in [7, 11) is 1.15. The largest absolute Gasteiger partial charge is 0.468 e. The van der Waals surface area contributed by atoms with Crippen molar-refractivity contribution in [2.75, 3.05) is 13.7 Å². The number of hydrogen-bond donors (Lipinski definition) is 0. The molecule has 0 radical (unpaired) electrons. The van der Waals surface area contributed by atoms with Gasteiger partial charge in [0.25, 0.3) is 5.91 Å². The smallest absolute Gasteiger partial charge is 0.325 e. The number of carbonyl (C=O) groups excluding carboxylic acids is 4. The van der Waals surface area contributed by atoms with Gasteiger partial charge in [0.2, 0.25) is 5.91 Å². The van der Waals surface area contributed by atoms with Crippen LogP contribution in [0.3, 0.4) is 0 Å². The fourth-order valence-corrected chi connectivity index (χ4v) is 1.30. The predicted molar refractivity (Wildman–Crippen MR) is 48.9 cm³/mol. The lowest BCUT2D eigenvalue weighted by atomic mass is 10.3. The maximum absolute atomic E-state index is 11.5. The monoisotopic (exact) mass is 229 g/mol. The molecule has 0 aromatic carbocycles. The van der Waals surface area contributed by atoms with Crippen LogP contribution in [0.5, 0.6) is 0 Å². The Labute approximate surface area is 91.3 Å². The van der Waals surface area contributed by atoms with Gasteiger partial charge in [0.1, 0.15) is 6.54 Å². The van der Waals surface area contributed by atoms with E-state index >= 15 is 0 Å². The van der Waals surface area contributed by atoms with Crippen molar-refractivity contribution < 1.29 is 28.7 Å². The molecule has 1 fully saturated rings. The Morgan fingerprint density at radius 1 is 1.44 bits per heavy atom. The number of esters is 2. The van der Waals surface area contributed by atoms with Gasteiger partial charge in [-0.3, -0.25) is 24.1 Å². The van der Waals surface area contributed by atoms with Gasteiger partial charge in [0.05, 0.1) is 13.5 Å². The van der Waals surface area contributed by atoms with Gasteiger partial charge in [-0.1, -0.05) is 0 Å². The molecule has 16 heavy (non-hydrogen) atoms. The Bertz CT molecular complexity index is 350. The molecule has 7 nitrogen and oxygen atoms in total. The molecule has 0 saturated carbocycles. The van der Waals surface area contributed by atoms with Gasteiger partial charge in [-0.25, -0.2) is 0 Å². The standard InChI is InChI=1S/C9H11NO6/c1-5(11)16-6-3-7(12)10(9(6)14)4-8(13)15-2/h6H,3-4H2,1-2H3/t6-/m1/s1. The fourth-order valence-electron chi connectivity index (χ4n) is 1.30. The molecule has 1 rings (SSSR count). The van der Waals surface area contributed by atoms with Crippen LogP contribution >= 0.6 is 0 Å². The average Bonchev–Trinajstić information content (AvgIpc) is 2.45. The summed E-state index contributed by atoms with van der Waals surface area (Å²) in [5, 5.41) is 0. The van der Waals surface area contributed by atoms with Crippen LogP contribution in [0.4, 0.5) is 0 Å². The Morgan fingerprint density at radius 2 is 2.06 bits per heavy atom. The van der Waals surface area contributed by atoms with Gasteiger partial charge in [-0.2, -0.15) is 0 Å². The zero-order valence-electron chi connectivity index (χ0n) is 8.89. The third-order valence-electron chi connectivity index (χ3n) is 2.03. The quantitative estimate of drug-likeness (QED) is 0.448. The number of likely N-dealkylation sites (tertiary alicyclic amines) is 1. The number of rotatable bonds is 3. The summed E-state index contributed by atoms with van der Waals surface area (Å²) in [6.07, 6.45) is -1.34. The van der Waals surface area contributed by atoms with E-state index in [1.54, 1.807) is 0 Å². The zero-order chi connectivity index (χ0) is 12.3. The maximum atomic E-state index is 11.5. The third-order valence-corrected chi connectivity index (χ3v) is 2.03. The molecule has 1 aliphatic rings. The normalized spacial score (nSPS) is 19.9. The fraction of sp³-hybridized carbons (Fsp3) is 0.556. The van der Waals surface area contributed by atoms with E-state index in [-0.39, 0.29) is 6.42 Å². The zero-order valence-corrected chi connectivity index (χ0v) is 8.89. The van der Waals surface area contributed by atoms with Crippen LogP contribution < -0.4 is 0 Å². The topological polar surface area (TPSA) is 90.0 Å². The molecule has 1 saturated heterocycles. The summed E-state index contributed by atoms with van der Waals surface area (Å²) in [6, 6.07) is 0. The Morgan fingerprint density at radius 3 is 2.56 bits per heavy atom. The van der Waals surface area contributed by atoms with Crippen molar-refractivity contribution in [3.63, 3.8) is 0 Å². The summed E-state index contributed by atoms with van der Waals surface area (Å²) in [5.74, 6) is -2.59. The molecule has 0 aromatic rings. The van der Waals surface area contributed by atoms with Gasteiger partial charge < -0.3 is 9.47 Å². The van der Waals surface area contributed by atoms with E-state index in [1.165, 1.54) is 0 Å². The first-order chi connectivity index (χ1) is 7.45. The highest BCUT2D eigenvalue weighted by Gasteiger charge is 2.41. The highest BCUT2D eigenvalue weighted by Crippen LogP contribution is 2.16. The lowest BCUT2D eigenvalue weighted by molar-refractivity contribution is -0.156. The number of carbonyl (C=O) groups is 4. The first kappa shape index (κ1) is 12.2. The summed E-state index contributed by atoms with van der Waals surface area (Å²) >= 11 is 0. The Balaban J connectivity index is 2.67. The van der Waals surface area contributed by atoms with Crippen LogP contribution in [0.1, 0.15) is 13.3 Å². The highest BCUT2D eigenvalue weighted by molar-refractivity contribution is 6.07. The molecule has 0 N–H and O–H groups in total. The third kappa shape index (κ3) is 2.56. The SMILES string of the molecule is COC(=O)CN1C(=O)C[C@@H](OC(C)=O)C1=O. The molecule has 0 bridgehead atoms. The number of hydrogen-bond acceptors (Lipinski definition) is 6. The summed E-state index contributed by atoms with van der Waals surface area (Å²) in [6.45, 7) is 0.687. The van der Waals surface area contributed by atoms with Gasteiger partial charge in [0, 0.05) is 6.92 Å². The van der Waals surface area contributed by atoms with Gasteiger partial charge in [-0.05, 0) is 0 Å². The van der Waals surface area contributed by atoms with E-state index in [0.717, 1.165) is 18.9 Å². The number of nitrogens with zero attached hydrogens (tertiary/aromatic N) is 1. The van der Waals surface area contributed by atoms with E-state index < -0.39 is 36.4 Å². The van der Waals surface area contributed by atoms with Crippen molar-refractivity contribution in [3.05, 3.63) is 0 Å². The van der Waals surface area contributed by atoms with E-state index in [1.807, 2.05) is 0 Å². The van der Waals surface area contributed by atoms with Crippen molar-refractivity contribution in [1.29, 1.82) is 0 Å². The van der Waals surface area contributed by atoms with E-state index in [2.05, 4.69) is 9.47 Å². The van der Waals surface area contributed by atoms with Crippen molar-refractivity contribution >= 4 is 23.8 Å². The second kappa shape index (κ2) is 4.73. The van der Waals surface area contributed by atoms with Gasteiger partial charge in [-0.15, -0.1) is 0 Å². The first-order valence-electron chi connectivity index (χ1n) is 4.54. The summed E-state index contributed by atoms with van der Waals surface area (Å²) < 4.78 is 8.97. The van der Waals surface area contributed by atoms with Crippen molar-refractivity contribution in [2.24, 2.45) is 0 Å². The molecule has 0 unspecified atom stereocenters. The molecule has 0 aliphatic carbocycles. The predicted octanol–water partition coefficient (Wildman–Crippen LogP) is -1.15. The van der Waals surface area contributed by atoms with E-state index in [9.17, 15) is 19.2 Å². The molecule has 2 amide bonds. The van der Waals surface area contributed by atoms with E-state index in [4.69, 9.17) is 0 Å². The minimum Gasteiger partial charge on any atom is -0.468 e. The maximum Gasteiger partial charge on any atom is 0.325 e. The molecule has 7 heteroatoms. The molecule has 1 heterocycles. The Hall–Kier alpha value is -1.92. The van der Waals surface area contributed by atoms with Crippen LogP contribution in [-0.4, -0.2) is 48.4 Å². The lowest BCUT2D eigenvalue weighted by Gasteiger charge is -2.12. The summed E-state index contributed by atoms with van der Waals surface area (Å²) in [5.41, 5.74) is 0. The lowest BCUT2D eigenvalue weighted by Crippen LogP contribution is -2.37. The van der Waals surface area contributed by atoms with Crippen LogP contribution in [0.15, 0.2) is 0 Å². The van der Waals surface area contributed by atoms with Crippen molar-refractivity contribution in [2.45, 2.75) is 19.4 Å². The number of imide groups is 1. The number of ether oxygens (including phenoxy) is 2. The minimum atomic E-state index is -1.12. The van der Waals surface area contributed by atoms with Gasteiger partial charge >= 0.3 is 11.9 Å². The second-order valence-corrected chi connectivity index (χ2v) is 3.20. The van der Waals surface area contributed by atoms with Crippen LogP contribution in [0, 0.1) is 0 Å². The van der Waals surface area contributed by atoms with Crippen LogP contribution in [0.25, 0.3) is 0 Å². The average molecular weight is 229 g/mol. The molecular formula is C9H11NO6.